The van der Waals surface area contributed by atoms with Crippen molar-refractivity contribution < 1.29 is 23.5 Å². The molecule has 1 aromatic rings. The summed E-state index contributed by atoms with van der Waals surface area (Å²) in [5.41, 5.74) is 0. The Morgan fingerprint density at radius 2 is 2.11 bits per heavy atom. The molecular weight excluding hydrogens is 243 g/mol. The van der Waals surface area contributed by atoms with Gasteiger partial charge in [-0.25, -0.2) is 4.39 Å². The van der Waals surface area contributed by atoms with Crippen LogP contribution in [0.25, 0.3) is 0 Å². The van der Waals surface area contributed by atoms with Gasteiger partial charge >= 0.3 is 0 Å². The Kier molecular flexibility index (Phi) is 3.22. The SMILES string of the molecule is COc1cc(F)ccc1OC1C(=O)N=CNC1=O. The minimum atomic E-state index is -1.39. The van der Waals surface area contributed by atoms with Crippen LogP contribution in [0.5, 0.6) is 11.5 Å². The Morgan fingerprint density at radius 1 is 1.33 bits per heavy atom. The van der Waals surface area contributed by atoms with Gasteiger partial charge in [-0.2, -0.15) is 4.99 Å². The summed E-state index contributed by atoms with van der Waals surface area (Å²) < 4.78 is 23.0. The lowest BCUT2D eigenvalue weighted by Crippen LogP contribution is -2.46. The van der Waals surface area contributed by atoms with Crippen LogP contribution in [0, 0.1) is 5.82 Å². The fourth-order valence-corrected chi connectivity index (χ4v) is 1.38. The van der Waals surface area contributed by atoms with E-state index in [2.05, 4.69) is 10.3 Å². The molecule has 1 aliphatic heterocycles. The van der Waals surface area contributed by atoms with Crippen molar-refractivity contribution in [3.8, 4) is 11.5 Å². The summed E-state index contributed by atoms with van der Waals surface area (Å²) in [5.74, 6) is -1.71. The molecule has 0 spiro atoms. The van der Waals surface area contributed by atoms with Gasteiger partial charge in [-0.3, -0.25) is 9.59 Å². The minimum absolute atomic E-state index is 0.0875. The van der Waals surface area contributed by atoms with Gasteiger partial charge in [-0.1, -0.05) is 0 Å². The van der Waals surface area contributed by atoms with Crippen molar-refractivity contribution in [2.24, 2.45) is 4.99 Å². The quantitative estimate of drug-likeness (QED) is 0.783. The topological polar surface area (TPSA) is 77.0 Å². The fraction of sp³-hybridized carbons (Fsp3) is 0.182. The molecule has 0 radical (unpaired) electrons. The van der Waals surface area contributed by atoms with Crippen LogP contribution >= 0.6 is 0 Å². The highest BCUT2D eigenvalue weighted by molar-refractivity contribution is 6.12. The number of methoxy groups -OCH3 is 1. The maximum atomic E-state index is 13.0. The Balaban J connectivity index is 2.26. The number of aliphatic imine (C=N–C) groups is 1. The zero-order valence-corrected chi connectivity index (χ0v) is 9.34. The second-order valence-corrected chi connectivity index (χ2v) is 3.40. The van der Waals surface area contributed by atoms with Gasteiger partial charge in [-0.05, 0) is 12.1 Å². The fourth-order valence-electron chi connectivity index (χ4n) is 1.38. The number of nitrogens with zero attached hydrogens (tertiary/aromatic N) is 1. The van der Waals surface area contributed by atoms with Crippen LogP contribution in [-0.2, 0) is 9.59 Å². The van der Waals surface area contributed by atoms with Crippen molar-refractivity contribution in [1.82, 2.24) is 5.32 Å². The summed E-state index contributed by atoms with van der Waals surface area (Å²) in [6.07, 6.45) is -0.402. The molecule has 1 atom stereocenters. The van der Waals surface area contributed by atoms with E-state index in [0.717, 1.165) is 18.5 Å². The Labute approximate surface area is 101 Å². The molecule has 0 bridgehead atoms. The van der Waals surface area contributed by atoms with Crippen molar-refractivity contribution in [2.75, 3.05) is 7.11 Å². The molecule has 18 heavy (non-hydrogen) atoms. The number of hydrogen-bond donors (Lipinski definition) is 1. The van der Waals surface area contributed by atoms with E-state index in [0.29, 0.717) is 0 Å². The molecule has 0 saturated heterocycles. The molecule has 1 unspecified atom stereocenters. The highest BCUT2D eigenvalue weighted by Gasteiger charge is 2.31. The molecule has 0 saturated carbocycles. The highest BCUT2D eigenvalue weighted by atomic mass is 19.1. The second kappa shape index (κ2) is 4.82. The lowest BCUT2D eigenvalue weighted by atomic mass is 10.2. The number of nitrogens with one attached hydrogen (secondary N) is 1. The molecule has 2 amide bonds. The van der Waals surface area contributed by atoms with E-state index in [1.165, 1.54) is 13.2 Å². The third-order valence-electron chi connectivity index (χ3n) is 2.23. The number of carbonyl (C=O) groups excluding carboxylic acids is 2. The first-order valence-electron chi connectivity index (χ1n) is 4.99. The summed E-state index contributed by atoms with van der Waals surface area (Å²) in [5, 5.41) is 2.24. The van der Waals surface area contributed by atoms with Gasteiger partial charge in [0.1, 0.15) is 5.82 Å². The van der Waals surface area contributed by atoms with E-state index >= 15 is 0 Å². The second-order valence-electron chi connectivity index (χ2n) is 3.40. The molecule has 1 aromatic carbocycles. The molecule has 6 nitrogen and oxygen atoms in total. The van der Waals surface area contributed by atoms with Crippen LogP contribution in [0.4, 0.5) is 4.39 Å². The third kappa shape index (κ3) is 2.29. The number of ether oxygens (including phenoxy) is 2. The summed E-state index contributed by atoms with van der Waals surface area (Å²) >= 11 is 0. The molecule has 0 aliphatic carbocycles. The van der Waals surface area contributed by atoms with Crippen molar-refractivity contribution in [2.45, 2.75) is 6.10 Å². The third-order valence-corrected chi connectivity index (χ3v) is 2.23. The lowest BCUT2D eigenvalue weighted by Gasteiger charge is -2.18. The van der Waals surface area contributed by atoms with E-state index in [1.807, 2.05) is 0 Å². The van der Waals surface area contributed by atoms with Crippen LogP contribution in [-0.4, -0.2) is 31.4 Å². The van der Waals surface area contributed by atoms with E-state index in [-0.39, 0.29) is 11.5 Å². The van der Waals surface area contributed by atoms with Crippen LogP contribution in [0.3, 0.4) is 0 Å². The Morgan fingerprint density at radius 3 is 2.78 bits per heavy atom. The number of benzene rings is 1. The number of halogens is 1. The van der Waals surface area contributed by atoms with Crippen LogP contribution in [0.2, 0.25) is 0 Å². The van der Waals surface area contributed by atoms with Crippen molar-refractivity contribution in [1.29, 1.82) is 0 Å². The first-order valence-corrected chi connectivity index (χ1v) is 4.99. The first-order chi connectivity index (χ1) is 8.61. The van der Waals surface area contributed by atoms with Gasteiger partial charge in [0.2, 0.25) is 0 Å². The van der Waals surface area contributed by atoms with Crippen molar-refractivity contribution in [3.63, 3.8) is 0 Å². The van der Waals surface area contributed by atoms with E-state index in [4.69, 9.17) is 9.47 Å². The minimum Gasteiger partial charge on any atom is -0.493 e. The largest absolute Gasteiger partial charge is 0.493 e. The Hall–Kier alpha value is -2.44. The summed E-state index contributed by atoms with van der Waals surface area (Å²) in [7, 11) is 1.32. The van der Waals surface area contributed by atoms with E-state index < -0.39 is 23.7 Å². The molecular formula is C11H9FN2O4. The molecule has 0 fully saturated rings. The molecule has 2 rings (SSSR count). The van der Waals surface area contributed by atoms with Gasteiger partial charge in [-0.15, -0.1) is 0 Å². The van der Waals surface area contributed by atoms with Crippen LogP contribution < -0.4 is 14.8 Å². The summed E-state index contributed by atoms with van der Waals surface area (Å²) in [6.45, 7) is 0. The maximum Gasteiger partial charge on any atom is 0.298 e. The van der Waals surface area contributed by atoms with Gasteiger partial charge in [0.15, 0.2) is 11.5 Å². The number of rotatable bonds is 3. The van der Waals surface area contributed by atoms with Crippen LogP contribution in [0.1, 0.15) is 0 Å². The average Bonchev–Trinajstić information content (AvgIpc) is 2.35. The Bertz CT molecular complexity index is 530. The van der Waals surface area contributed by atoms with Crippen LogP contribution in [0.15, 0.2) is 23.2 Å². The van der Waals surface area contributed by atoms with Gasteiger partial charge in [0, 0.05) is 6.07 Å². The molecule has 7 heteroatoms. The predicted octanol–water partition coefficient (Wildman–Crippen LogP) is 0.266. The van der Waals surface area contributed by atoms with Crippen molar-refractivity contribution >= 4 is 18.2 Å². The lowest BCUT2D eigenvalue weighted by molar-refractivity contribution is -0.137. The molecule has 1 N–H and O–H groups in total. The number of amides is 2. The van der Waals surface area contributed by atoms with E-state index in [9.17, 15) is 14.0 Å². The summed E-state index contributed by atoms with van der Waals surface area (Å²) in [6, 6.07) is 3.49. The first kappa shape index (κ1) is 12.0. The molecule has 0 aromatic heterocycles. The monoisotopic (exact) mass is 252 g/mol. The smallest absolute Gasteiger partial charge is 0.298 e. The normalized spacial score (nSPS) is 18.4. The molecule has 1 heterocycles. The molecule has 94 valence electrons. The van der Waals surface area contributed by atoms with Crippen molar-refractivity contribution in [3.05, 3.63) is 24.0 Å². The molecule has 1 aliphatic rings. The van der Waals surface area contributed by atoms with Gasteiger partial charge in [0.25, 0.3) is 17.9 Å². The summed E-state index contributed by atoms with van der Waals surface area (Å²) in [4.78, 5) is 26.2. The standard InChI is InChI=1S/C11H9FN2O4/c1-17-8-4-6(12)2-3-7(8)18-9-10(15)13-5-14-11(9)16/h2-5,9H,1H3,(H,13,14,15,16). The highest BCUT2D eigenvalue weighted by Crippen LogP contribution is 2.28. The van der Waals surface area contributed by atoms with E-state index in [1.54, 1.807) is 0 Å². The number of carbonyl (C=O) groups is 2. The zero-order chi connectivity index (χ0) is 13.1. The zero-order valence-electron chi connectivity index (χ0n) is 9.34. The average molecular weight is 252 g/mol. The maximum absolute atomic E-state index is 13.0. The number of hydrogen-bond acceptors (Lipinski definition) is 4. The van der Waals surface area contributed by atoms with Gasteiger partial charge in [0.05, 0.1) is 13.4 Å². The predicted molar refractivity (Wildman–Crippen MR) is 59.0 cm³/mol. The van der Waals surface area contributed by atoms with Gasteiger partial charge < -0.3 is 14.8 Å².